The Morgan fingerprint density at radius 1 is 1.43 bits per heavy atom. The third kappa shape index (κ3) is 5.75. The van der Waals surface area contributed by atoms with E-state index in [2.05, 4.69) is 13.8 Å². The quantitative estimate of drug-likeness (QED) is 0.737. The van der Waals surface area contributed by atoms with Gasteiger partial charge in [-0.1, -0.05) is 13.8 Å². The van der Waals surface area contributed by atoms with Gasteiger partial charge in [-0.2, -0.15) is 0 Å². The summed E-state index contributed by atoms with van der Waals surface area (Å²) in [5.41, 5.74) is 0. The molecule has 1 heterocycles. The Bertz CT molecular complexity index is 142. The Hall–Kier alpha value is 0.0923. The summed E-state index contributed by atoms with van der Waals surface area (Å²) in [6.45, 7) is 6.41. The summed E-state index contributed by atoms with van der Waals surface area (Å²) in [5, 5.41) is 7.00. The summed E-state index contributed by atoms with van der Waals surface area (Å²) in [6, 6.07) is 0. The minimum Gasteiger partial charge on any atom is -0.400 e. The maximum Gasteiger partial charge on any atom is 0.209 e. The fourth-order valence-corrected chi connectivity index (χ4v) is 1.68. The van der Waals surface area contributed by atoms with Crippen molar-refractivity contribution >= 4 is 6.41 Å². The van der Waals surface area contributed by atoms with E-state index < -0.39 is 0 Å². The molecule has 4 heteroatoms. The van der Waals surface area contributed by atoms with Gasteiger partial charge in [0.25, 0.3) is 0 Å². The first-order chi connectivity index (χ1) is 6.24. The molecule has 1 unspecified atom stereocenters. The molecular formula is C10H21NO2Re. The van der Waals surface area contributed by atoms with Crippen LogP contribution in [0, 0.1) is 11.8 Å². The van der Waals surface area contributed by atoms with Gasteiger partial charge in [-0.15, -0.1) is 0 Å². The minimum atomic E-state index is 0. The predicted octanol–water partition coefficient (Wildman–Crippen LogP) is 1.12. The van der Waals surface area contributed by atoms with Gasteiger partial charge in [0, 0.05) is 40.6 Å². The fraction of sp³-hybridized carbons (Fsp3) is 0.900. The zero-order valence-corrected chi connectivity index (χ0v) is 12.0. The molecule has 14 heavy (non-hydrogen) atoms. The molecule has 0 aromatic rings. The molecule has 1 rings (SSSR count). The Balaban J connectivity index is 0. The van der Waals surface area contributed by atoms with Gasteiger partial charge in [0.05, 0.1) is 0 Å². The molecule has 1 atom stereocenters. The molecule has 1 fully saturated rings. The second-order valence-corrected chi connectivity index (χ2v) is 3.75. The van der Waals surface area contributed by atoms with Gasteiger partial charge in [0.2, 0.25) is 6.41 Å². The minimum absolute atomic E-state index is 0. The molecule has 0 aromatic heterocycles. The van der Waals surface area contributed by atoms with Gasteiger partial charge in [-0.3, -0.25) is 4.79 Å². The number of aliphatic hydroxyl groups excluding tert-OH is 1. The van der Waals surface area contributed by atoms with Gasteiger partial charge >= 0.3 is 0 Å². The summed E-state index contributed by atoms with van der Waals surface area (Å²) in [5.74, 6) is 1.45. The number of carbonyl (C=O) groups excluding carboxylic acids is 1. The summed E-state index contributed by atoms with van der Waals surface area (Å²) >= 11 is 0. The van der Waals surface area contributed by atoms with Crippen LogP contribution in [0.15, 0.2) is 0 Å². The molecular weight excluding hydrogens is 352 g/mol. The Morgan fingerprint density at radius 2 is 2.00 bits per heavy atom. The van der Waals surface area contributed by atoms with Crippen molar-refractivity contribution in [3.05, 3.63) is 0 Å². The van der Waals surface area contributed by atoms with Crippen molar-refractivity contribution in [1.29, 1.82) is 0 Å². The number of hydrogen-bond donors (Lipinski definition) is 1. The summed E-state index contributed by atoms with van der Waals surface area (Å²) in [7, 11) is 1.00. The molecule has 0 saturated carbocycles. The normalized spacial score (nSPS) is 20.6. The van der Waals surface area contributed by atoms with Crippen molar-refractivity contribution in [3.8, 4) is 0 Å². The monoisotopic (exact) mass is 374 g/mol. The largest absolute Gasteiger partial charge is 0.400 e. The van der Waals surface area contributed by atoms with Crippen LogP contribution in [0.2, 0.25) is 0 Å². The number of nitrogens with zero attached hydrogens (tertiary/aromatic N) is 1. The van der Waals surface area contributed by atoms with Crippen molar-refractivity contribution in [2.45, 2.75) is 26.7 Å². The van der Waals surface area contributed by atoms with E-state index in [1.54, 1.807) is 0 Å². The molecule has 1 aliphatic rings. The standard InChI is InChI=1S/C9H17NO.CH4O.Re/c1-8(2)9-4-3-5-10(6-9)7-11;1-2;/h7-9H,3-6H2,1-2H3;2H,1H3;. The van der Waals surface area contributed by atoms with Gasteiger partial charge in [-0.05, 0) is 24.7 Å². The molecule has 0 aliphatic carbocycles. The van der Waals surface area contributed by atoms with Crippen LogP contribution in [0.25, 0.3) is 0 Å². The van der Waals surface area contributed by atoms with Gasteiger partial charge < -0.3 is 10.0 Å². The van der Waals surface area contributed by atoms with Gasteiger partial charge in [-0.25, -0.2) is 0 Å². The second kappa shape index (κ2) is 9.64. The molecule has 0 aromatic carbocycles. The van der Waals surface area contributed by atoms with Gasteiger partial charge in [0.1, 0.15) is 0 Å². The first-order valence-electron chi connectivity index (χ1n) is 4.88. The first-order valence-corrected chi connectivity index (χ1v) is 4.88. The van der Waals surface area contributed by atoms with Crippen LogP contribution in [-0.4, -0.2) is 36.6 Å². The number of amides is 1. The van der Waals surface area contributed by atoms with Crippen molar-refractivity contribution in [2.75, 3.05) is 20.2 Å². The maximum atomic E-state index is 10.5. The van der Waals surface area contributed by atoms with E-state index in [1.807, 2.05) is 4.90 Å². The van der Waals surface area contributed by atoms with Crippen molar-refractivity contribution in [2.24, 2.45) is 11.8 Å². The zero-order chi connectivity index (χ0) is 10.3. The Labute approximate surface area is 101 Å². The average molecular weight is 373 g/mol. The van der Waals surface area contributed by atoms with Crippen LogP contribution in [-0.2, 0) is 25.2 Å². The van der Waals surface area contributed by atoms with Crippen LogP contribution < -0.4 is 0 Å². The van der Waals surface area contributed by atoms with Crippen molar-refractivity contribution in [1.82, 2.24) is 4.90 Å². The topological polar surface area (TPSA) is 40.5 Å². The van der Waals surface area contributed by atoms with Crippen LogP contribution >= 0.6 is 0 Å². The number of carbonyl (C=O) groups is 1. The molecule has 85 valence electrons. The van der Waals surface area contributed by atoms with E-state index in [1.165, 1.54) is 12.8 Å². The van der Waals surface area contributed by atoms with E-state index in [0.717, 1.165) is 38.4 Å². The summed E-state index contributed by atoms with van der Waals surface area (Å²) in [6.07, 6.45) is 3.46. The maximum absolute atomic E-state index is 10.5. The molecule has 0 spiro atoms. The van der Waals surface area contributed by atoms with E-state index in [-0.39, 0.29) is 20.4 Å². The SMILES string of the molecule is CC(C)C1CCCN(C=O)C1.CO.[Re]. The fourth-order valence-electron chi connectivity index (χ4n) is 1.68. The Kier molecular flexibility index (Phi) is 11.4. The third-order valence-electron chi connectivity index (χ3n) is 2.58. The number of likely N-dealkylation sites (tertiary alicyclic amines) is 1. The van der Waals surface area contributed by atoms with E-state index in [4.69, 9.17) is 5.11 Å². The van der Waals surface area contributed by atoms with Gasteiger partial charge in [0.15, 0.2) is 0 Å². The Morgan fingerprint density at radius 3 is 2.43 bits per heavy atom. The smallest absolute Gasteiger partial charge is 0.209 e. The number of piperidine rings is 1. The molecule has 1 aliphatic heterocycles. The van der Waals surface area contributed by atoms with Crippen LogP contribution in [0.5, 0.6) is 0 Å². The van der Waals surface area contributed by atoms with Crippen molar-refractivity contribution in [3.63, 3.8) is 0 Å². The molecule has 1 amide bonds. The van der Waals surface area contributed by atoms with Crippen molar-refractivity contribution < 1.29 is 30.3 Å². The molecule has 3 nitrogen and oxygen atoms in total. The second-order valence-electron chi connectivity index (χ2n) is 3.75. The van der Waals surface area contributed by atoms with Crippen LogP contribution in [0.3, 0.4) is 0 Å². The molecule has 0 bridgehead atoms. The molecule has 1 saturated heterocycles. The third-order valence-corrected chi connectivity index (χ3v) is 2.58. The zero-order valence-electron chi connectivity index (χ0n) is 9.24. The number of hydrogen-bond acceptors (Lipinski definition) is 2. The predicted molar refractivity (Wildman–Crippen MR) is 53.3 cm³/mol. The summed E-state index contributed by atoms with van der Waals surface area (Å²) < 4.78 is 0. The average Bonchev–Trinajstić information content (AvgIpc) is 2.21. The summed E-state index contributed by atoms with van der Waals surface area (Å²) in [4.78, 5) is 12.4. The molecule has 1 radical (unpaired) electrons. The van der Waals surface area contributed by atoms with E-state index in [0.29, 0.717) is 0 Å². The number of rotatable bonds is 2. The molecule has 1 N–H and O–H groups in total. The van der Waals surface area contributed by atoms with Crippen LogP contribution in [0.1, 0.15) is 26.7 Å². The van der Waals surface area contributed by atoms with E-state index >= 15 is 0 Å². The first kappa shape index (κ1) is 16.5. The number of aliphatic hydroxyl groups is 1. The van der Waals surface area contributed by atoms with Crippen LogP contribution in [0.4, 0.5) is 0 Å². The van der Waals surface area contributed by atoms with E-state index in [9.17, 15) is 4.79 Å².